The maximum Gasteiger partial charge on any atom is 0.222 e. The van der Waals surface area contributed by atoms with Crippen molar-refractivity contribution >= 4 is 5.91 Å². The zero-order chi connectivity index (χ0) is 16.5. The first kappa shape index (κ1) is 17.0. The van der Waals surface area contributed by atoms with Gasteiger partial charge in [-0.25, -0.2) is 0 Å². The molecule has 2 aromatic rings. The normalized spacial score (nSPS) is 10.3. The van der Waals surface area contributed by atoms with E-state index in [4.69, 9.17) is 9.84 Å². The van der Waals surface area contributed by atoms with Crippen LogP contribution in [0.2, 0.25) is 0 Å². The molecule has 0 radical (unpaired) electrons. The summed E-state index contributed by atoms with van der Waals surface area (Å²) in [6, 6.07) is 17.3. The van der Waals surface area contributed by atoms with Gasteiger partial charge in [0, 0.05) is 13.5 Å². The Morgan fingerprint density at radius 3 is 2.39 bits per heavy atom. The number of nitrogens with zero attached hydrogens (tertiary/aromatic N) is 1. The molecule has 0 aliphatic heterocycles. The van der Waals surface area contributed by atoms with Crippen molar-refractivity contribution in [1.29, 1.82) is 0 Å². The number of hydrogen-bond acceptors (Lipinski definition) is 3. The van der Waals surface area contributed by atoms with Crippen molar-refractivity contribution in [1.82, 2.24) is 4.90 Å². The van der Waals surface area contributed by atoms with E-state index in [0.717, 1.165) is 17.7 Å². The molecule has 0 aliphatic rings. The molecule has 0 atom stereocenters. The molecule has 0 saturated heterocycles. The van der Waals surface area contributed by atoms with E-state index < -0.39 is 0 Å². The van der Waals surface area contributed by atoms with E-state index in [1.54, 1.807) is 11.9 Å². The van der Waals surface area contributed by atoms with E-state index >= 15 is 0 Å². The van der Waals surface area contributed by atoms with E-state index in [9.17, 15) is 4.79 Å². The summed E-state index contributed by atoms with van der Waals surface area (Å²) in [4.78, 5) is 13.8. The molecule has 23 heavy (non-hydrogen) atoms. The molecule has 0 saturated carbocycles. The van der Waals surface area contributed by atoms with Crippen LogP contribution in [0.1, 0.15) is 17.5 Å². The molecule has 4 heteroatoms. The van der Waals surface area contributed by atoms with Gasteiger partial charge in [0.25, 0.3) is 0 Å². The Labute approximate surface area is 137 Å². The van der Waals surface area contributed by atoms with Crippen molar-refractivity contribution in [2.45, 2.75) is 19.4 Å². The molecule has 2 rings (SSSR count). The number of hydrogen-bond donors (Lipinski definition) is 1. The fourth-order valence-electron chi connectivity index (χ4n) is 2.20. The van der Waals surface area contributed by atoms with Crippen LogP contribution in [0.15, 0.2) is 54.6 Å². The molecular weight excluding hydrogens is 290 g/mol. The lowest BCUT2D eigenvalue weighted by atomic mass is 10.1. The van der Waals surface area contributed by atoms with Crippen LogP contribution in [-0.2, 0) is 17.8 Å². The summed E-state index contributed by atoms with van der Waals surface area (Å²) in [5, 5.41) is 8.99. The van der Waals surface area contributed by atoms with Crippen molar-refractivity contribution in [3.05, 3.63) is 65.7 Å². The van der Waals surface area contributed by atoms with E-state index in [1.807, 2.05) is 54.6 Å². The number of benzene rings is 2. The minimum Gasteiger partial charge on any atom is -0.492 e. The van der Waals surface area contributed by atoms with Gasteiger partial charge in [0.15, 0.2) is 0 Å². The number of carbonyl (C=O) groups excluding carboxylic acids is 1. The number of aliphatic hydroxyl groups is 1. The number of carbonyl (C=O) groups is 1. The predicted molar refractivity (Wildman–Crippen MR) is 90.3 cm³/mol. The fraction of sp³-hybridized carbons (Fsp3) is 0.316. The van der Waals surface area contributed by atoms with Crippen LogP contribution in [0.25, 0.3) is 0 Å². The Kier molecular flexibility index (Phi) is 6.63. The molecule has 0 fully saturated rings. The van der Waals surface area contributed by atoms with E-state index in [0.29, 0.717) is 19.6 Å². The number of rotatable bonds is 8. The van der Waals surface area contributed by atoms with Gasteiger partial charge in [-0.1, -0.05) is 42.5 Å². The van der Waals surface area contributed by atoms with Gasteiger partial charge in [0.2, 0.25) is 5.91 Å². The highest BCUT2D eigenvalue weighted by Crippen LogP contribution is 2.12. The van der Waals surface area contributed by atoms with E-state index in [-0.39, 0.29) is 12.5 Å². The van der Waals surface area contributed by atoms with Gasteiger partial charge in [-0.15, -0.1) is 0 Å². The van der Waals surface area contributed by atoms with Crippen LogP contribution in [0.5, 0.6) is 5.75 Å². The molecule has 2 aromatic carbocycles. The minimum absolute atomic E-state index is 0.0267. The Morgan fingerprint density at radius 1 is 1.04 bits per heavy atom. The third kappa shape index (κ3) is 5.75. The van der Waals surface area contributed by atoms with E-state index in [2.05, 4.69) is 0 Å². The Balaban J connectivity index is 1.69. The topological polar surface area (TPSA) is 49.8 Å². The molecule has 1 amide bonds. The zero-order valence-corrected chi connectivity index (χ0v) is 13.4. The molecule has 0 aromatic heterocycles. The van der Waals surface area contributed by atoms with Crippen molar-refractivity contribution in [3.8, 4) is 5.75 Å². The lowest BCUT2D eigenvalue weighted by molar-refractivity contribution is -0.130. The smallest absolute Gasteiger partial charge is 0.222 e. The van der Waals surface area contributed by atoms with Crippen LogP contribution in [-0.4, -0.2) is 36.1 Å². The van der Waals surface area contributed by atoms with Crippen LogP contribution >= 0.6 is 0 Å². The first-order chi connectivity index (χ1) is 11.2. The molecule has 0 spiro atoms. The average molecular weight is 313 g/mol. The predicted octanol–water partition coefficient (Wildman–Crippen LogP) is 2.65. The molecule has 0 bridgehead atoms. The number of likely N-dealkylation sites (N-methyl/N-ethyl adjacent to an activating group) is 1. The number of amides is 1. The van der Waals surface area contributed by atoms with Gasteiger partial charge >= 0.3 is 0 Å². The molecule has 0 heterocycles. The van der Waals surface area contributed by atoms with Crippen LogP contribution in [0.3, 0.4) is 0 Å². The van der Waals surface area contributed by atoms with Crippen molar-refractivity contribution in [2.24, 2.45) is 0 Å². The molecule has 4 nitrogen and oxygen atoms in total. The van der Waals surface area contributed by atoms with Gasteiger partial charge < -0.3 is 14.7 Å². The highest BCUT2D eigenvalue weighted by Gasteiger charge is 2.08. The van der Waals surface area contributed by atoms with Crippen molar-refractivity contribution < 1.29 is 14.6 Å². The van der Waals surface area contributed by atoms with Gasteiger partial charge in [0.1, 0.15) is 12.4 Å². The standard InChI is InChI=1S/C19H23NO3/c1-20(19(22)12-9-16-5-3-2-4-6-16)13-14-23-18-10-7-17(15-21)8-11-18/h2-8,10-11,21H,9,12-15H2,1H3. The van der Waals surface area contributed by atoms with Crippen LogP contribution in [0, 0.1) is 0 Å². The summed E-state index contributed by atoms with van der Waals surface area (Å²) < 4.78 is 5.61. The van der Waals surface area contributed by atoms with E-state index in [1.165, 1.54) is 5.56 Å². The summed E-state index contributed by atoms with van der Waals surface area (Å²) in [7, 11) is 1.80. The molecule has 0 aliphatic carbocycles. The highest BCUT2D eigenvalue weighted by atomic mass is 16.5. The first-order valence-electron chi connectivity index (χ1n) is 7.79. The van der Waals surface area contributed by atoms with Gasteiger partial charge in [-0.3, -0.25) is 4.79 Å². The number of aryl methyl sites for hydroxylation is 1. The summed E-state index contributed by atoms with van der Waals surface area (Å²) in [6.07, 6.45) is 1.26. The Bertz CT molecular complexity index is 596. The second-order valence-corrected chi connectivity index (χ2v) is 5.45. The third-order valence-corrected chi connectivity index (χ3v) is 3.70. The summed E-state index contributed by atoms with van der Waals surface area (Å²) in [6.45, 7) is 1.03. The summed E-state index contributed by atoms with van der Waals surface area (Å²) in [5.41, 5.74) is 2.03. The van der Waals surface area contributed by atoms with Crippen LogP contribution < -0.4 is 4.74 Å². The van der Waals surface area contributed by atoms with Gasteiger partial charge in [0.05, 0.1) is 13.2 Å². The van der Waals surface area contributed by atoms with Gasteiger partial charge in [-0.2, -0.15) is 0 Å². The Morgan fingerprint density at radius 2 is 1.74 bits per heavy atom. The lowest BCUT2D eigenvalue weighted by Crippen LogP contribution is -2.31. The molecule has 122 valence electrons. The van der Waals surface area contributed by atoms with Crippen molar-refractivity contribution in [3.63, 3.8) is 0 Å². The largest absolute Gasteiger partial charge is 0.492 e. The zero-order valence-electron chi connectivity index (χ0n) is 13.4. The van der Waals surface area contributed by atoms with Gasteiger partial charge in [-0.05, 0) is 29.7 Å². The maximum atomic E-state index is 12.1. The first-order valence-corrected chi connectivity index (χ1v) is 7.79. The Hall–Kier alpha value is -2.33. The number of aliphatic hydroxyl groups excluding tert-OH is 1. The van der Waals surface area contributed by atoms with Crippen molar-refractivity contribution in [2.75, 3.05) is 20.2 Å². The number of ether oxygens (including phenoxy) is 1. The SMILES string of the molecule is CN(CCOc1ccc(CO)cc1)C(=O)CCc1ccccc1. The summed E-state index contributed by atoms with van der Waals surface area (Å²) >= 11 is 0. The monoisotopic (exact) mass is 313 g/mol. The lowest BCUT2D eigenvalue weighted by Gasteiger charge is -2.17. The molecule has 1 N–H and O–H groups in total. The second kappa shape index (κ2) is 8.96. The quantitative estimate of drug-likeness (QED) is 0.815. The molecule has 0 unspecified atom stereocenters. The summed E-state index contributed by atoms with van der Waals surface area (Å²) in [5.74, 6) is 0.861. The fourth-order valence-corrected chi connectivity index (χ4v) is 2.20. The highest BCUT2D eigenvalue weighted by molar-refractivity contribution is 5.76. The van der Waals surface area contributed by atoms with Crippen LogP contribution in [0.4, 0.5) is 0 Å². The molecular formula is C19H23NO3. The third-order valence-electron chi connectivity index (χ3n) is 3.70. The minimum atomic E-state index is 0.0267. The maximum absolute atomic E-state index is 12.1. The average Bonchev–Trinajstić information content (AvgIpc) is 2.61. The second-order valence-electron chi connectivity index (χ2n) is 5.45.